The average molecular weight is 753 g/mol. The summed E-state index contributed by atoms with van der Waals surface area (Å²) in [6.45, 7) is 2.17. The summed E-state index contributed by atoms with van der Waals surface area (Å²) < 4.78 is 0. The molecule has 0 atom stereocenters. The molecule has 242 valence electrons. The van der Waals surface area contributed by atoms with Crippen molar-refractivity contribution in [3.63, 3.8) is 0 Å². The molecule has 6 rings (SSSR count). The average Bonchev–Trinajstić information content (AvgIpc) is 3.08. The van der Waals surface area contributed by atoms with E-state index < -0.39 is 27.8 Å². The van der Waals surface area contributed by atoms with E-state index in [-0.39, 0.29) is 20.4 Å². The Morgan fingerprint density at radius 1 is 0.340 bits per heavy atom. The summed E-state index contributed by atoms with van der Waals surface area (Å²) in [4.78, 5) is 18.0. The largest absolute Gasteiger partial charge is 0.481 e. The first-order valence-electron chi connectivity index (χ1n) is 14.8. The van der Waals surface area contributed by atoms with Crippen LogP contribution in [0.2, 0.25) is 0 Å². The molecule has 0 bridgehead atoms. The third-order valence-corrected chi connectivity index (χ3v) is 11.8. The molecular weight excluding hydrogens is 713 g/mol. The zero-order chi connectivity index (χ0) is 33.0. The van der Waals surface area contributed by atoms with E-state index in [0.717, 1.165) is 13.8 Å². The van der Waals surface area contributed by atoms with Crippen molar-refractivity contribution in [1.82, 2.24) is 0 Å². The smallest absolute Gasteiger partial charge is 0.300 e. The molecule has 6 aromatic carbocycles. The van der Waals surface area contributed by atoms with Gasteiger partial charge in [-0.05, 0) is 72.8 Å². The Balaban J connectivity index is 0.000000262. The van der Waals surface area contributed by atoms with Gasteiger partial charge >= 0.3 is 0 Å². The number of hydrogen-bond acceptors (Lipinski definition) is 2. The van der Waals surface area contributed by atoms with Crippen LogP contribution in [0.4, 0.5) is 0 Å². The van der Waals surface area contributed by atoms with Gasteiger partial charge in [-0.2, -0.15) is 0 Å². The molecule has 0 saturated heterocycles. The molecule has 0 fully saturated rings. The van der Waals surface area contributed by atoms with Crippen molar-refractivity contribution >= 4 is 59.6 Å². The van der Waals surface area contributed by atoms with E-state index in [1.165, 1.54) is 31.8 Å². The molecule has 4 nitrogen and oxygen atoms in total. The summed E-state index contributed by atoms with van der Waals surface area (Å²) in [7, 11) is -1.75. The number of benzene rings is 6. The Kier molecular flexibility index (Phi) is 18.5. The fourth-order valence-corrected chi connectivity index (χ4v) is 9.78. The van der Waals surface area contributed by atoms with Crippen LogP contribution in [0.15, 0.2) is 182 Å². The Bertz CT molecular complexity index is 1370. The van der Waals surface area contributed by atoms with Gasteiger partial charge in [0.25, 0.3) is 11.9 Å². The molecule has 0 saturated carbocycles. The molecular formula is C40H40O4P2Pd+2. The van der Waals surface area contributed by atoms with E-state index in [0.29, 0.717) is 0 Å². The van der Waals surface area contributed by atoms with E-state index in [4.69, 9.17) is 19.8 Å². The third kappa shape index (κ3) is 14.4. The van der Waals surface area contributed by atoms with E-state index in [1.807, 2.05) is 0 Å². The number of aliphatic carboxylic acids is 2. The molecule has 0 heterocycles. The quantitative estimate of drug-likeness (QED) is 0.150. The van der Waals surface area contributed by atoms with Crippen molar-refractivity contribution in [2.24, 2.45) is 0 Å². The van der Waals surface area contributed by atoms with Gasteiger partial charge < -0.3 is 10.2 Å². The first kappa shape index (κ1) is 39.0. The van der Waals surface area contributed by atoms with Gasteiger partial charge in [-0.25, -0.2) is 0 Å². The van der Waals surface area contributed by atoms with Crippen LogP contribution in [0.1, 0.15) is 13.8 Å². The summed E-state index contributed by atoms with van der Waals surface area (Å²) in [5.41, 5.74) is 0. The second-order valence-electron chi connectivity index (χ2n) is 9.98. The standard InChI is InChI=1S/2C18H15P.2C2H4O2.Pd/c2*1-4-10-16(11-5-1)19(17-12-6-2-7-13-17)18-14-8-3-9-15-18;2*1-2(3)4;/h2*1-15H;2*1H3,(H,3,4);/p+2. The first-order chi connectivity index (χ1) is 22.4. The Morgan fingerprint density at radius 3 is 0.553 bits per heavy atom. The van der Waals surface area contributed by atoms with Crippen LogP contribution >= 0.6 is 15.8 Å². The molecule has 0 unspecified atom stereocenters. The summed E-state index contributed by atoms with van der Waals surface area (Å²) in [6.07, 6.45) is 0. The van der Waals surface area contributed by atoms with Gasteiger partial charge in [0.2, 0.25) is 0 Å². The predicted molar refractivity (Wildman–Crippen MR) is 200 cm³/mol. The number of carbonyl (C=O) groups is 2. The second kappa shape index (κ2) is 22.3. The minimum Gasteiger partial charge on any atom is -0.481 e. The van der Waals surface area contributed by atoms with Crippen molar-refractivity contribution in [3.8, 4) is 0 Å². The van der Waals surface area contributed by atoms with Crippen molar-refractivity contribution in [3.05, 3.63) is 182 Å². The Hall–Kier alpha value is -4.22. The first-order valence-corrected chi connectivity index (χ1v) is 17.8. The van der Waals surface area contributed by atoms with Crippen molar-refractivity contribution in [2.75, 3.05) is 0 Å². The van der Waals surface area contributed by atoms with Gasteiger partial charge in [-0.3, -0.25) is 9.59 Å². The predicted octanol–water partition coefficient (Wildman–Crippen LogP) is 6.53. The van der Waals surface area contributed by atoms with Gasteiger partial charge in [0.15, 0.2) is 0 Å². The Morgan fingerprint density at radius 2 is 0.447 bits per heavy atom. The minimum absolute atomic E-state index is 0. The Labute approximate surface area is 294 Å². The molecule has 6 aromatic rings. The zero-order valence-corrected chi connectivity index (χ0v) is 29.9. The molecule has 0 aromatic heterocycles. The van der Waals surface area contributed by atoms with Crippen molar-refractivity contribution in [2.45, 2.75) is 13.8 Å². The van der Waals surface area contributed by atoms with E-state index in [1.54, 1.807) is 0 Å². The van der Waals surface area contributed by atoms with E-state index in [9.17, 15) is 0 Å². The topological polar surface area (TPSA) is 74.6 Å². The van der Waals surface area contributed by atoms with Gasteiger partial charge in [0.1, 0.15) is 31.8 Å². The van der Waals surface area contributed by atoms with Crippen LogP contribution in [0.5, 0.6) is 0 Å². The van der Waals surface area contributed by atoms with Gasteiger partial charge in [-0.1, -0.05) is 109 Å². The number of carboxylic acid groups (broad SMARTS) is 2. The van der Waals surface area contributed by atoms with Crippen LogP contribution in [-0.4, -0.2) is 22.2 Å². The summed E-state index contributed by atoms with van der Waals surface area (Å²) in [6, 6.07) is 65.0. The van der Waals surface area contributed by atoms with Crippen molar-refractivity contribution < 1.29 is 40.2 Å². The number of hydrogen-bond donors (Lipinski definition) is 2. The minimum atomic E-state index is -0.877. The maximum atomic E-state index is 9.00. The van der Waals surface area contributed by atoms with Gasteiger partial charge in [0, 0.05) is 34.3 Å². The molecule has 0 amide bonds. The van der Waals surface area contributed by atoms with Crippen LogP contribution in [0.3, 0.4) is 0 Å². The summed E-state index contributed by atoms with van der Waals surface area (Å²) in [5, 5.41) is 23.4. The van der Waals surface area contributed by atoms with Gasteiger partial charge in [0.05, 0.1) is 15.8 Å². The fraction of sp³-hybridized carbons (Fsp3) is 0.0500. The molecule has 0 aliphatic heterocycles. The molecule has 0 radical (unpaired) electrons. The maximum Gasteiger partial charge on any atom is 0.300 e. The van der Waals surface area contributed by atoms with E-state index in [2.05, 4.69) is 182 Å². The molecule has 0 spiro atoms. The normalized spacial score (nSPS) is 9.62. The third-order valence-electron chi connectivity index (χ3n) is 6.37. The van der Waals surface area contributed by atoms with Crippen LogP contribution in [0.25, 0.3) is 0 Å². The van der Waals surface area contributed by atoms with Crippen molar-refractivity contribution in [1.29, 1.82) is 0 Å². The SMILES string of the molecule is CC(=O)O.CC(=O)O.[Pd].c1ccc([PH+](c2ccccc2)c2ccccc2)cc1.c1ccc([PH+](c2ccccc2)c2ccccc2)cc1. The monoisotopic (exact) mass is 752 g/mol. The van der Waals surface area contributed by atoms with Gasteiger partial charge in [-0.15, -0.1) is 0 Å². The zero-order valence-electron chi connectivity index (χ0n) is 26.3. The number of carboxylic acids is 2. The summed E-state index contributed by atoms with van der Waals surface area (Å²) in [5.74, 6) is -1.67. The molecule has 7 heteroatoms. The molecule has 0 aliphatic rings. The molecule has 47 heavy (non-hydrogen) atoms. The summed E-state index contributed by atoms with van der Waals surface area (Å²) >= 11 is 0. The molecule has 2 N–H and O–H groups in total. The maximum absolute atomic E-state index is 9.00. The van der Waals surface area contributed by atoms with Crippen LogP contribution < -0.4 is 31.8 Å². The number of rotatable bonds is 6. The fourth-order valence-electron chi connectivity index (χ4n) is 4.63. The molecule has 0 aliphatic carbocycles. The second-order valence-corrected chi connectivity index (χ2v) is 14.9. The van der Waals surface area contributed by atoms with E-state index >= 15 is 0 Å². The van der Waals surface area contributed by atoms with Crippen LogP contribution in [0, 0.1) is 0 Å². The van der Waals surface area contributed by atoms with Crippen LogP contribution in [-0.2, 0) is 30.0 Å².